The first-order chi connectivity index (χ1) is 7.65. The van der Waals surface area contributed by atoms with Crippen LogP contribution in [0.2, 0.25) is 0 Å². The number of hydrogen-bond donors (Lipinski definition) is 1. The third-order valence-electron chi connectivity index (χ3n) is 3.10. The van der Waals surface area contributed by atoms with Crippen molar-refractivity contribution in [3.05, 3.63) is 12.2 Å². The molecule has 6 nitrogen and oxygen atoms in total. The van der Waals surface area contributed by atoms with Gasteiger partial charge in [-0.15, -0.1) is 0 Å². The first-order valence-electron chi connectivity index (χ1n) is 5.53. The molecular formula is C9H14N4O2S. The number of nitrogens with zero attached hydrogens (tertiary/aromatic N) is 3. The van der Waals surface area contributed by atoms with Gasteiger partial charge in [-0.3, -0.25) is 0 Å². The highest BCUT2D eigenvalue weighted by Gasteiger charge is 2.37. The van der Waals surface area contributed by atoms with Gasteiger partial charge in [0.25, 0.3) is 0 Å². The van der Waals surface area contributed by atoms with Crippen molar-refractivity contribution in [2.24, 2.45) is 0 Å². The molecule has 1 aromatic heterocycles. The van der Waals surface area contributed by atoms with Crippen molar-refractivity contribution < 1.29 is 8.42 Å². The zero-order chi connectivity index (χ0) is 11.2. The average Bonchev–Trinajstić information content (AvgIpc) is 2.99. The number of sulfonamides is 1. The number of hydrogen-bond acceptors (Lipinski definition) is 4. The molecule has 3 rings (SSSR count). The van der Waals surface area contributed by atoms with Crippen molar-refractivity contribution in [2.75, 3.05) is 0 Å². The predicted octanol–water partition coefficient (Wildman–Crippen LogP) is -0.325. The summed E-state index contributed by atoms with van der Waals surface area (Å²) < 4.78 is 28.1. The highest BCUT2D eigenvalue weighted by atomic mass is 32.2. The van der Waals surface area contributed by atoms with Gasteiger partial charge in [0.05, 0.1) is 11.8 Å². The molecular weight excluding hydrogens is 228 g/mol. The zero-order valence-corrected chi connectivity index (χ0v) is 9.65. The van der Waals surface area contributed by atoms with Gasteiger partial charge in [0.1, 0.15) is 12.2 Å². The Morgan fingerprint density at radius 2 is 2.19 bits per heavy atom. The standard InChI is InChI=1S/C9H14N4O2S/c14-16(15,8-2-3-8)12-7-1-4-9-10-6-11-13(9)5-7/h6-8,12H,1-5H2. The summed E-state index contributed by atoms with van der Waals surface area (Å²) in [5, 5.41) is 3.92. The Hall–Kier alpha value is -0.950. The van der Waals surface area contributed by atoms with Crippen LogP contribution in [0.25, 0.3) is 0 Å². The van der Waals surface area contributed by atoms with Gasteiger partial charge >= 0.3 is 0 Å². The molecule has 1 aliphatic heterocycles. The van der Waals surface area contributed by atoms with Crippen LogP contribution >= 0.6 is 0 Å². The van der Waals surface area contributed by atoms with Crippen molar-refractivity contribution in [2.45, 2.75) is 43.5 Å². The van der Waals surface area contributed by atoms with E-state index < -0.39 is 10.0 Å². The van der Waals surface area contributed by atoms with E-state index in [0.717, 1.165) is 31.5 Å². The largest absolute Gasteiger partial charge is 0.248 e. The van der Waals surface area contributed by atoms with E-state index in [1.165, 1.54) is 6.33 Å². The fourth-order valence-corrected chi connectivity index (χ4v) is 3.65. The Bertz CT molecular complexity index is 491. The quantitative estimate of drug-likeness (QED) is 0.787. The van der Waals surface area contributed by atoms with E-state index in [1.807, 2.05) is 0 Å². The monoisotopic (exact) mass is 242 g/mol. The van der Waals surface area contributed by atoms with Gasteiger partial charge in [0, 0.05) is 12.5 Å². The van der Waals surface area contributed by atoms with E-state index in [-0.39, 0.29) is 11.3 Å². The topological polar surface area (TPSA) is 76.9 Å². The molecule has 16 heavy (non-hydrogen) atoms. The minimum absolute atomic E-state index is 0.0280. The van der Waals surface area contributed by atoms with Crippen LogP contribution < -0.4 is 4.72 Å². The maximum absolute atomic E-state index is 11.8. The summed E-state index contributed by atoms with van der Waals surface area (Å²) in [6.07, 6.45) is 4.73. The summed E-state index contributed by atoms with van der Waals surface area (Å²) in [7, 11) is -3.08. The molecule has 0 bridgehead atoms. The molecule has 2 aliphatic rings. The smallest absolute Gasteiger partial charge is 0.214 e. The van der Waals surface area contributed by atoms with E-state index in [9.17, 15) is 8.42 Å². The Morgan fingerprint density at radius 3 is 2.94 bits per heavy atom. The Balaban J connectivity index is 1.70. The average molecular weight is 242 g/mol. The second-order valence-electron chi connectivity index (χ2n) is 4.46. The van der Waals surface area contributed by atoms with Crippen molar-refractivity contribution in [1.29, 1.82) is 0 Å². The van der Waals surface area contributed by atoms with Crippen LogP contribution in [0.15, 0.2) is 6.33 Å². The van der Waals surface area contributed by atoms with E-state index in [2.05, 4.69) is 14.8 Å². The molecule has 88 valence electrons. The van der Waals surface area contributed by atoms with Crippen LogP contribution in [0, 0.1) is 0 Å². The molecule has 1 aliphatic carbocycles. The highest BCUT2D eigenvalue weighted by molar-refractivity contribution is 7.90. The van der Waals surface area contributed by atoms with Crippen molar-refractivity contribution >= 4 is 10.0 Å². The Kier molecular flexibility index (Phi) is 2.25. The molecule has 1 saturated carbocycles. The van der Waals surface area contributed by atoms with E-state index >= 15 is 0 Å². The van der Waals surface area contributed by atoms with Crippen LogP contribution in [0.5, 0.6) is 0 Å². The molecule has 1 N–H and O–H groups in total. The molecule has 0 saturated heterocycles. The number of fused-ring (bicyclic) bond motifs is 1. The fraction of sp³-hybridized carbons (Fsp3) is 0.778. The fourth-order valence-electron chi connectivity index (χ4n) is 2.04. The normalized spacial score (nSPS) is 25.4. The van der Waals surface area contributed by atoms with Gasteiger partial charge in [0.15, 0.2) is 0 Å². The minimum atomic E-state index is -3.08. The molecule has 0 radical (unpaired) electrons. The second-order valence-corrected chi connectivity index (χ2v) is 6.45. The van der Waals surface area contributed by atoms with Crippen LogP contribution in [-0.2, 0) is 23.0 Å². The summed E-state index contributed by atoms with van der Waals surface area (Å²) in [4.78, 5) is 4.11. The molecule has 2 heterocycles. The number of aromatic nitrogens is 3. The summed E-state index contributed by atoms with van der Waals surface area (Å²) in [5.74, 6) is 0.946. The van der Waals surface area contributed by atoms with Crippen LogP contribution in [-0.4, -0.2) is 34.5 Å². The van der Waals surface area contributed by atoms with Gasteiger partial charge in [0.2, 0.25) is 10.0 Å². The van der Waals surface area contributed by atoms with Gasteiger partial charge < -0.3 is 0 Å². The van der Waals surface area contributed by atoms with Crippen LogP contribution in [0.3, 0.4) is 0 Å². The summed E-state index contributed by atoms with van der Waals surface area (Å²) in [6.45, 7) is 0.598. The lowest BCUT2D eigenvalue weighted by molar-refractivity contribution is 0.395. The Morgan fingerprint density at radius 1 is 1.38 bits per heavy atom. The highest BCUT2D eigenvalue weighted by Crippen LogP contribution is 2.28. The summed E-state index contributed by atoms with van der Waals surface area (Å²) in [6, 6.07) is -0.0280. The third-order valence-corrected chi connectivity index (χ3v) is 5.11. The lowest BCUT2D eigenvalue weighted by Crippen LogP contribution is -2.42. The summed E-state index contributed by atoms with van der Waals surface area (Å²) >= 11 is 0. The van der Waals surface area contributed by atoms with Crippen molar-refractivity contribution in [3.63, 3.8) is 0 Å². The number of aryl methyl sites for hydroxylation is 1. The zero-order valence-electron chi connectivity index (χ0n) is 8.83. The molecule has 0 amide bonds. The molecule has 1 fully saturated rings. The van der Waals surface area contributed by atoms with Crippen LogP contribution in [0.4, 0.5) is 0 Å². The second kappa shape index (κ2) is 3.53. The number of rotatable bonds is 3. The molecule has 7 heteroatoms. The SMILES string of the molecule is O=S(=O)(NC1CCc2ncnn2C1)C1CC1. The maximum atomic E-state index is 11.8. The molecule has 1 unspecified atom stereocenters. The summed E-state index contributed by atoms with van der Waals surface area (Å²) in [5.41, 5.74) is 0. The van der Waals surface area contributed by atoms with Gasteiger partial charge in [-0.05, 0) is 19.3 Å². The van der Waals surface area contributed by atoms with E-state index in [1.54, 1.807) is 4.68 Å². The molecule has 1 aromatic rings. The molecule has 0 spiro atoms. The first kappa shape index (κ1) is 10.2. The van der Waals surface area contributed by atoms with Crippen LogP contribution in [0.1, 0.15) is 25.1 Å². The minimum Gasteiger partial charge on any atom is -0.248 e. The maximum Gasteiger partial charge on any atom is 0.214 e. The molecule has 0 aromatic carbocycles. The predicted molar refractivity (Wildman–Crippen MR) is 57.2 cm³/mol. The lowest BCUT2D eigenvalue weighted by Gasteiger charge is -2.23. The van der Waals surface area contributed by atoms with Gasteiger partial charge in [-0.1, -0.05) is 0 Å². The number of nitrogens with one attached hydrogen (secondary N) is 1. The van der Waals surface area contributed by atoms with Gasteiger partial charge in [-0.25, -0.2) is 22.8 Å². The van der Waals surface area contributed by atoms with E-state index in [0.29, 0.717) is 6.54 Å². The first-order valence-corrected chi connectivity index (χ1v) is 7.07. The Labute approximate surface area is 94.1 Å². The van der Waals surface area contributed by atoms with Crippen molar-refractivity contribution in [1.82, 2.24) is 19.5 Å². The van der Waals surface area contributed by atoms with Gasteiger partial charge in [-0.2, -0.15) is 5.10 Å². The lowest BCUT2D eigenvalue weighted by atomic mass is 10.1. The van der Waals surface area contributed by atoms with E-state index in [4.69, 9.17) is 0 Å². The van der Waals surface area contributed by atoms with Crippen molar-refractivity contribution in [3.8, 4) is 0 Å². The molecule has 1 atom stereocenters. The third kappa shape index (κ3) is 1.84.